The Morgan fingerprint density at radius 1 is 1.00 bits per heavy atom. The van der Waals surface area contributed by atoms with Gasteiger partial charge in [0.1, 0.15) is 0 Å². The average Bonchev–Trinajstić information content (AvgIpc) is 2.33. The van der Waals surface area contributed by atoms with Crippen molar-refractivity contribution in [3.8, 4) is 0 Å². The van der Waals surface area contributed by atoms with Gasteiger partial charge in [0, 0.05) is 6.04 Å². The fourth-order valence-corrected chi connectivity index (χ4v) is 3.76. The minimum absolute atomic E-state index is 0.522. The Kier molecular flexibility index (Phi) is 4.67. The fraction of sp³-hybridized carbons (Fsp3) is 0.667. The van der Waals surface area contributed by atoms with E-state index in [4.69, 9.17) is 0 Å². The highest BCUT2D eigenvalue weighted by atomic mass is 14.9. The van der Waals surface area contributed by atoms with Crippen molar-refractivity contribution in [2.45, 2.75) is 53.0 Å². The normalized spacial score (nSPS) is 29.2. The van der Waals surface area contributed by atoms with Gasteiger partial charge >= 0.3 is 0 Å². The van der Waals surface area contributed by atoms with E-state index in [2.05, 4.69) is 58.3 Å². The summed E-state index contributed by atoms with van der Waals surface area (Å²) in [6.07, 6.45) is 4.11. The van der Waals surface area contributed by atoms with Gasteiger partial charge < -0.3 is 5.32 Å². The molecule has 4 atom stereocenters. The molecule has 1 aromatic carbocycles. The van der Waals surface area contributed by atoms with Gasteiger partial charge in [0.2, 0.25) is 0 Å². The maximum atomic E-state index is 3.58. The Labute approximate surface area is 118 Å². The zero-order valence-electron chi connectivity index (χ0n) is 13.2. The van der Waals surface area contributed by atoms with Gasteiger partial charge in [0.25, 0.3) is 0 Å². The third-order valence-corrected chi connectivity index (χ3v) is 5.02. The summed E-state index contributed by atoms with van der Waals surface area (Å²) in [6, 6.07) is 7.50. The van der Waals surface area contributed by atoms with Crippen LogP contribution in [0.25, 0.3) is 0 Å². The standard InChI is InChI=1S/C18H29N/c1-12-8-13(2)10-17(9-12)18(19-5)16-7-6-14(3)15(4)11-16/h8-10,14-16,18-19H,6-7,11H2,1-5H3. The van der Waals surface area contributed by atoms with E-state index in [0.717, 1.165) is 17.8 Å². The SMILES string of the molecule is CNC(c1cc(C)cc(C)c1)C1CCC(C)C(C)C1. The Morgan fingerprint density at radius 2 is 1.63 bits per heavy atom. The summed E-state index contributed by atoms with van der Waals surface area (Å²) in [5, 5.41) is 3.58. The van der Waals surface area contributed by atoms with Crippen molar-refractivity contribution in [1.82, 2.24) is 5.32 Å². The summed E-state index contributed by atoms with van der Waals surface area (Å²) in [7, 11) is 2.12. The summed E-state index contributed by atoms with van der Waals surface area (Å²) < 4.78 is 0. The maximum absolute atomic E-state index is 3.58. The summed E-state index contributed by atoms with van der Waals surface area (Å²) in [5.41, 5.74) is 4.24. The van der Waals surface area contributed by atoms with Gasteiger partial charge in [-0.05, 0) is 57.1 Å². The summed E-state index contributed by atoms with van der Waals surface area (Å²) in [6.45, 7) is 9.24. The predicted octanol–water partition coefficient (Wildman–Crippen LogP) is 4.64. The molecule has 0 spiro atoms. The van der Waals surface area contributed by atoms with Gasteiger partial charge in [-0.15, -0.1) is 0 Å². The second-order valence-electron chi connectivity index (χ2n) is 6.72. The summed E-state index contributed by atoms with van der Waals surface area (Å²) >= 11 is 0. The monoisotopic (exact) mass is 259 g/mol. The molecule has 4 unspecified atom stereocenters. The minimum atomic E-state index is 0.522. The van der Waals surface area contributed by atoms with Gasteiger partial charge in [-0.25, -0.2) is 0 Å². The first-order valence-corrected chi connectivity index (χ1v) is 7.76. The van der Waals surface area contributed by atoms with E-state index in [1.54, 1.807) is 0 Å². The number of hydrogen-bond acceptors (Lipinski definition) is 1. The first-order valence-electron chi connectivity index (χ1n) is 7.76. The highest BCUT2D eigenvalue weighted by molar-refractivity contribution is 5.31. The van der Waals surface area contributed by atoms with Gasteiger partial charge in [-0.1, -0.05) is 49.6 Å². The fourth-order valence-electron chi connectivity index (χ4n) is 3.76. The van der Waals surface area contributed by atoms with Crippen LogP contribution in [0.2, 0.25) is 0 Å². The topological polar surface area (TPSA) is 12.0 Å². The van der Waals surface area contributed by atoms with Gasteiger partial charge in [-0.3, -0.25) is 0 Å². The average molecular weight is 259 g/mol. The van der Waals surface area contributed by atoms with Crippen molar-refractivity contribution < 1.29 is 0 Å². The summed E-state index contributed by atoms with van der Waals surface area (Å²) in [5.74, 6) is 2.55. The molecule has 0 radical (unpaired) electrons. The first kappa shape index (κ1) is 14.6. The van der Waals surface area contributed by atoms with E-state index in [-0.39, 0.29) is 0 Å². The Morgan fingerprint density at radius 3 is 2.16 bits per heavy atom. The molecular weight excluding hydrogens is 230 g/mol. The zero-order chi connectivity index (χ0) is 14.0. The van der Waals surface area contributed by atoms with Crippen LogP contribution < -0.4 is 5.32 Å². The molecule has 2 rings (SSSR count). The second-order valence-corrected chi connectivity index (χ2v) is 6.72. The van der Waals surface area contributed by atoms with Crippen LogP contribution in [0.4, 0.5) is 0 Å². The van der Waals surface area contributed by atoms with E-state index < -0.39 is 0 Å². The van der Waals surface area contributed by atoms with Crippen molar-refractivity contribution >= 4 is 0 Å². The molecule has 1 aliphatic carbocycles. The van der Waals surface area contributed by atoms with Crippen molar-refractivity contribution in [2.24, 2.45) is 17.8 Å². The van der Waals surface area contributed by atoms with Crippen LogP contribution in [0.15, 0.2) is 18.2 Å². The Bertz CT molecular complexity index is 403. The molecule has 106 valence electrons. The maximum Gasteiger partial charge on any atom is 0.0346 e. The smallest absolute Gasteiger partial charge is 0.0346 e. The largest absolute Gasteiger partial charge is 0.313 e. The van der Waals surface area contributed by atoms with Crippen molar-refractivity contribution in [2.75, 3.05) is 7.05 Å². The molecular formula is C18H29N. The second kappa shape index (κ2) is 6.09. The number of aryl methyl sites for hydroxylation is 2. The molecule has 0 aromatic heterocycles. The highest BCUT2D eigenvalue weighted by Gasteiger charge is 2.30. The van der Waals surface area contributed by atoms with Crippen LogP contribution in [0.3, 0.4) is 0 Å². The molecule has 1 heteroatoms. The number of nitrogens with one attached hydrogen (secondary N) is 1. The quantitative estimate of drug-likeness (QED) is 0.834. The van der Waals surface area contributed by atoms with Gasteiger partial charge in [0.15, 0.2) is 0 Å². The molecule has 0 saturated heterocycles. The molecule has 0 heterocycles. The molecule has 0 amide bonds. The zero-order valence-corrected chi connectivity index (χ0v) is 13.2. The molecule has 1 saturated carbocycles. The third kappa shape index (κ3) is 3.39. The third-order valence-electron chi connectivity index (χ3n) is 5.02. The Balaban J connectivity index is 2.19. The molecule has 0 bridgehead atoms. The lowest BCUT2D eigenvalue weighted by molar-refractivity contribution is 0.174. The Hall–Kier alpha value is -0.820. The predicted molar refractivity (Wildman–Crippen MR) is 83.4 cm³/mol. The van der Waals surface area contributed by atoms with Gasteiger partial charge in [0.05, 0.1) is 0 Å². The van der Waals surface area contributed by atoms with Crippen LogP contribution in [0.5, 0.6) is 0 Å². The van der Waals surface area contributed by atoms with Crippen molar-refractivity contribution in [3.63, 3.8) is 0 Å². The number of benzene rings is 1. The lowest BCUT2D eigenvalue weighted by atomic mass is 9.72. The summed E-state index contributed by atoms with van der Waals surface area (Å²) in [4.78, 5) is 0. The van der Waals surface area contributed by atoms with E-state index in [0.29, 0.717) is 6.04 Å². The van der Waals surface area contributed by atoms with Crippen molar-refractivity contribution in [1.29, 1.82) is 0 Å². The lowest BCUT2D eigenvalue weighted by Crippen LogP contribution is -2.31. The first-order chi connectivity index (χ1) is 9.01. The molecule has 0 aliphatic heterocycles. The molecule has 1 aliphatic rings. The molecule has 1 N–H and O–H groups in total. The van der Waals surface area contributed by atoms with Crippen LogP contribution in [-0.2, 0) is 0 Å². The van der Waals surface area contributed by atoms with E-state index in [1.807, 2.05) is 0 Å². The van der Waals surface area contributed by atoms with Crippen LogP contribution in [0, 0.1) is 31.6 Å². The van der Waals surface area contributed by atoms with Crippen molar-refractivity contribution in [3.05, 3.63) is 34.9 Å². The van der Waals surface area contributed by atoms with E-state index in [1.165, 1.54) is 36.0 Å². The molecule has 1 aromatic rings. The highest BCUT2D eigenvalue weighted by Crippen LogP contribution is 2.40. The number of hydrogen-bond donors (Lipinski definition) is 1. The molecule has 1 fully saturated rings. The van der Waals surface area contributed by atoms with Crippen LogP contribution >= 0.6 is 0 Å². The molecule has 1 nitrogen and oxygen atoms in total. The number of rotatable bonds is 3. The van der Waals surface area contributed by atoms with E-state index >= 15 is 0 Å². The van der Waals surface area contributed by atoms with Crippen LogP contribution in [-0.4, -0.2) is 7.05 Å². The minimum Gasteiger partial charge on any atom is -0.313 e. The molecule has 19 heavy (non-hydrogen) atoms. The lowest BCUT2D eigenvalue weighted by Gasteiger charge is -2.37. The van der Waals surface area contributed by atoms with Gasteiger partial charge in [-0.2, -0.15) is 0 Å². The van der Waals surface area contributed by atoms with E-state index in [9.17, 15) is 0 Å². The van der Waals surface area contributed by atoms with Crippen LogP contribution in [0.1, 0.15) is 55.8 Å².